The van der Waals surface area contributed by atoms with Gasteiger partial charge in [0, 0.05) is 6.92 Å². The highest BCUT2D eigenvalue weighted by molar-refractivity contribution is 6.55. The van der Waals surface area contributed by atoms with E-state index in [1.165, 1.54) is 6.92 Å². The van der Waals surface area contributed by atoms with Crippen molar-refractivity contribution in [2.75, 3.05) is 0 Å². The van der Waals surface area contributed by atoms with E-state index in [1.54, 1.807) is 0 Å². The molecule has 0 aromatic heterocycles. The summed E-state index contributed by atoms with van der Waals surface area (Å²) in [4.78, 5) is 9.75. The Morgan fingerprint density at radius 1 is 1.42 bits per heavy atom. The highest BCUT2D eigenvalue weighted by atomic mass is 35.5. The highest BCUT2D eigenvalue weighted by Crippen LogP contribution is 1.98. The first-order chi connectivity index (χ1) is 5.50. The molecule has 0 heterocycles. The molecule has 70 valence electrons. The summed E-state index contributed by atoms with van der Waals surface area (Å²) in [6, 6.07) is 0. The van der Waals surface area contributed by atoms with E-state index >= 15 is 0 Å². The van der Waals surface area contributed by atoms with Crippen LogP contribution in [0.4, 0.5) is 0 Å². The van der Waals surface area contributed by atoms with Gasteiger partial charge in [0.1, 0.15) is 0 Å². The highest BCUT2D eigenvalue weighted by Gasteiger charge is 1.79. The standard InChI is InChI=1S/C4H6O2.C2H2Cl2.C2H4/c1-3-6-4(2)5;1-2(3)4;1-2/h3H,1H2,2H3;1H2;1-2H2. The molecule has 0 amide bonds. The predicted molar refractivity (Wildman–Crippen MR) is 54.1 cm³/mol. The van der Waals surface area contributed by atoms with Crippen LogP contribution in [0.1, 0.15) is 6.92 Å². The van der Waals surface area contributed by atoms with Crippen molar-refractivity contribution in [3.8, 4) is 0 Å². The van der Waals surface area contributed by atoms with Gasteiger partial charge in [-0.05, 0) is 0 Å². The molecular formula is C8H12Cl2O2. The maximum absolute atomic E-state index is 9.75. The first kappa shape index (κ1) is 17.4. The summed E-state index contributed by atoms with van der Waals surface area (Å²) in [5.41, 5.74) is 0. The van der Waals surface area contributed by atoms with Gasteiger partial charge >= 0.3 is 5.97 Å². The van der Waals surface area contributed by atoms with Crippen molar-refractivity contribution in [1.29, 1.82) is 0 Å². The van der Waals surface area contributed by atoms with Crippen LogP contribution in [0.25, 0.3) is 0 Å². The van der Waals surface area contributed by atoms with Crippen molar-refractivity contribution in [3.05, 3.63) is 37.1 Å². The van der Waals surface area contributed by atoms with Crippen molar-refractivity contribution >= 4 is 29.2 Å². The molecule has 12 heavy (non-hydrogen) atoms. The Kier molecular flexibility index (Phi) is 24.2. The van der Waals surface area contributed by atoms with E-state index in [9.17, 15) is 4.79 Å². The summed E-state index contributed by atoms with van der Waals surface area (Å²) in [5.74, 6) is -0.329. The zero-order valence-electron chi connectivity index (χ0n) is 6.98. The average molecular weight is 211 g/mol. The van der Waals surface area contributed by atoms with Gasteiger partial charge in [-0.25, -0.2) is 0 Å². The van der Waals surface area contributed by atoms with Gasteiger partial charge in [0.05, 0.1) is 10.8 Å². The first-order valence-corrected chi connectivity index (χ1v) is 3.54. The van der Waals surface area contributed by atoms with Gasteiger partial charge in [-0.2, -0.15) is 0 Å². The number of esters is 1. The average Bonchev–Trinajstić information content (AvgIpc) is 1.90. The lowest BCUT2D eigenvalue weighted by Gasteiger charge is -1.83. The molecule has 0 aromatic carbocycles. The third-order valence-electron chi connectivity index (χ3n) is 0.249. The van der Waals surface area contributed by atoms with Crippen molar-refractivity contribution in [1.82, 2.24) is 0 Å². The van der Waals surface area contributed by atoms with E-state index in [0.29, 0.717) is 0 Å². The Hall–Kier alpha value is -0.730. The Balaban J connectivity index is -0.000000118. The predicted octanol–water partition coefficient (Wildman–Crippen LogP) is 3.43. The lowest BCUT2D eigenvalue weighted by atomic mass is 10.8. The van der Waals surface area contributed by atoms with E-state index in [4.69, 9.17) is 23.2 Å². The number of ether oxygens (including phenoxy) is 1. The first-order valence-electron chi connectivity index (χ1n) is 2.78. The molecule has 0 saturated carbocycles. The molecule has 0 fully saturated rings. The van der Waals surface area contributed by atoms with Crippen LogP contribution in [-0.2, 0) is 9.53 Å². The summed E-state index contributed by atoms with van der Waals surface area (Å²) in [7, 11) is 0. The molecule has 0 aliphatic heterocycles. The Bertz CT molecular complexity index is 140. The molecule has 0 saturated heterocycles. The Labute approximate surface area is 83.1 Å². The number of carbonyl (C=O) groups is 1. The molecule has 0 bridgehead atoms. The minimum atomic E-state index is -0.329. The van der Waals surface area contributed by atoms with Gasteiger partial charge in [0.25, 0.3) is 0 Å². The monoisotopic (exact) mass is 210 g/mol. The zero-order valence-corrected chi connectivity index (χ0v) is 8.49. The molecule has 0 unspecified atom stereocenters. The van der Waals surface area contributed by atoms with Gasteiger partial charge < -0.3 is 4.74 Å². The van der Waals surface area contributed by atoms with Crippen LogP contribution in [0.15, 0.2) is 37.1 Å². The molecule has 0 aliphatic carbocycles. The van der Waals surface area contributed by atoms with E-state index in [-0.39, 0.29) is 10.5 Å². The zero-order chi connectivity index (χ0) is 10.6. The van der Waals surface area contributed by atoms with Gasteiger partial charge in [-0.1, -0.05) is 36.4 Å². The Morgan fingerprint density at radius 3 is 1.67 bits per heavy atom. The fourth-order valence-electron chi connectivity index (χ4n) is 0.117. The summed E-state index contributed by atoms with van der Waals surface area (Å²) >= 11 is 9.69. The number of hydrogen-bond donors (Lipinski definition) is 0. The molecule has 0 aliphatic rings. The van der Waals surface area contributed by atoms with Crippen LogP contribution in [0.5, 0.6) is 0 Å². The Morgan fingerprint density at radius 2 is 1.67 bits per heavy atom. The minimum absolute atomic E-state index is 0.111. The van der Waals surface area contributed by atoms with Gasteiger partial charge in [-0.3, -0.25) is 4.79 Å². The van der Waals surface area contributed by atoms with Crippen molar-refractivity contribution in [2.24, 2.45) is 0 Å². The van der Waals surface area contributed by atoms with Crippen molar-refractivity contribution < 1.29 is 9.53 Å². The summed E-state index contributed by atoms with van der Waals surface area (Å²) in [6.07, 6.45) is 1.10. The summed E-state index contributed by atoms with van der Waals surface area (Å²) in [6.45, 7) is 13.6. The van der Waals surface area contributed by atoms with E-state index in [1.807, 2.05) is 0 Å². The quantitative estimate of drug-likeness (QED) is 0.377. The number of carbonyl (C=O) groups excluding carboxylic acids is 1. The molecule has 2 nitrogen and oxygen atoms in total. The van der Waals surface area contributed by atoms with E-state index < -0.39 is 0 Å². The normalized spacial score (nSPS) is 5.92. The molecule has 0 spiro atoms. The number of hydrogen-bond acceptors (Lipinski definition) is 2. The van der Waals surface area contributed by atoms with Crippen LogP contribution in [-0.4, -0.2) is 5.97 Å². The van der Waals surface area contributed by atoms with Crippen molar-refractivity contribution in [2.45, 2.75) is 6.92 Å². The van der Waals surface area contributed by atoms with Crippen molar-refractivity contribution in [3.63, 3.8) is 0 Å². The van der Waals surface area contributed by atoms with Gasteiger partial charge in [0.2, 0.25) is 0 Å². The second-order valence-corrected chi connectivity index (χ2v) is 2.22. The summed E-state index contributed by atoms with van der Waals surface area (Å²) in [5, 5.41) is 0. The fraction of sp³-hybridized carbons (Fsp3) is 0.125. The lowest BCUT2D eigenvalue weighted by Crippen LogP contribution is -1.87. The largest absolute Gasteiger partial charge is 0.435 e. The van der Waals surface area contributed by atoms with Crippen LogP contribution in [0, 0.1) is 0 Å². The van der Waals surface area contributed by atoms with E-state index in [2.05, 4.69) is 31.1 Å². The van der Waals surface area contributed by atoms with Crippen LogP contribution in [0.2, 0.25) is 0 Å². The third kappa shape index (κ3) is 123. The lowest BCUT2D eigenvalue weighted by molar-refractivity contribution is -0.135. The second-order valence-electron chi connectivity index (χ2n) is 1.11. The second kappa shape index (κ2) is 16.7. The molecule has 0 N–H and O–H groups in total. The summed E-state index contributed by atoms with van der Waals surface area (Å²) < 4.78 is 4.28. The van der Waals surface area contributed by atoms with Crippen LogP contribution < -0.4 is 0 Å². The van der Waals surface area contributed by atoms with Gasteiger partial charge in [0.15, 0.2) is 0 Å². The molecule has 0 atom stereocenters. The van der Waals surface area contributed by atoms with E-state index in [0.717, 1.165) is 6.26 Å². The maximum atomic E-state index is 9.75. The molecule has 0 rings (SSSR count). The maximum Gasteiger partial charge on any atom is 0.307 e. The number of rotatable bonds is 1. The number of halogens is 2. The van der Waals surface area contributed by atoms with Gasteiger partial charge in [-0.15, -0.1) is 13.2 Å². The molecular weight excluding hydrogens is 199 g/mol. The third-order valence-corrected chi connectivity index (χ3v) is 0.249. The smallest absolute Gasteiger partial charge is 0.307 e. The molecule has 0 radical (unpaired) electrons. The minimum Gasteiger partial charge on any atom is -0.435 e. The molecule has 0 aromatic rings. The fourth-order valence-corrected chi connectivity index (χ4v) is 0.117. The molecule has 4 heteroatoms. The van der Waals surface area contributed by atoms with Crippen LogP contribution in [0.3, 0.4) is 0 Å². The SMILES string of the molecule is C=C.C=C(Cl)Cl.C=COC(C)=O. The van der Waals surface area contributed by atoms with Crippen LogP contribution >= 0.6 is 23.2 Å². The topological polar surface area (TPSA) is 26.3 Å².